The van der Waals surface area contributed by atoms with Gasteiger partial charge in [-0.25, -0.2) is 0 Å². The SMILES string of the molecule is CCC(C)CCc1ccc(Br)cc1. The van der Waals surface area contributed by atoms with Gasteiger partial charge in [-0.15, -0.1) is 0 Å². The van der Waals surface area contributed by atoms with Crippen molar-refractivity contribution in [2.75, 3.05) is 0 Å². The minimum Gasteiger partial charge on any atom is -0.0651 e. The van der Waals surface area contributed by atoms with E-state index in [1.807, 2.05) is 0 Å². The number of hydrogen-bond donors (Lipinski definition) is 0. The van der Waals surface area contributed by atoms with Crippen molar-refractivity contribution in [3.63, 3.8) is 0 Å². The third-order valence-corrected chi connectivity index (χ3v) is 3.06. The monoisotopic (exact) mass is 240 g/mol. The Morgan fingerprint density at radius 2 is 1.85 bits per heavy atom. The van der Waals surface area contributed by atoms with Gasteiger partial charge in [0.25, 0.3) is 0 Å². The van der Waals surface area contributed by atoms with Gasteiger partial charge >= 0.3 is 0 Å². The molecule has 1 unspecified atom stereocenters. The first kappa shape index (κ1) is 10.8. The molecule has 1 rings (SSSR count). The predicted molar refractivity (Wildman–Crippen MR) is 61.9 cm³/mol. The van der Waals surface area contributed by atoms with Crippen molar-refractivity contribution in [1.82, 2.24) is 0 Å². The van der Waals surface area contributed by atoms with Crippen molar-refractivity contribution in [2.24, 2.45) is 5.92 Å². The van der Waals surface area contributed by atoms with Gasteiger partial charge in [0.1, 0.15) is 0 Å². The van der Waals surface area contributed by atoms with Crippen LogP contribution in [0.4, 0.5) is 0 Å². The van der Waals surface area contributed by atoms with Gasteiger partial charge in [-0.2, -0.15) is 0 Å². The van der Waals surface area contributed by atoms with Crippen LogP contribution in [0.2, 0.25) is 0 Å². The van der Waals surface area contributed by atoms with Crippen LogP contribution in [-0.2, 0) is 6.42 Å². The molecule has 0 saturated heterocycles. The van der Waals surface area contributed by atoms with E-state index in [1.54, 1.807) is 0 Å². The van der Waals surface area contributed by atoms with Crippen LogP contribution in [0.15, 0.2) is 28.7 Å². The highest BCUT2D eigenvalue weighted by molar-refractivity contribution is 9.10. The van der Waals surface area contributed by atoms with E-state index in [2.05, 4.69) is 54.0 Å². The van der Waals surface area contributed by atoms with Crippen molar-refractivity contribution in [3.8, 4) is 0 Å². The summed E-state index contributed by atoms with van der Waals surface area (Å²) < 4.78 is 1.17. The summed E-state index contributed by atoms with van der Waals surface area (Å²) in [6.45, 7) is 4.57. The molecule has 1 aromatic rings. The van der Waals surface area contributed by atoms with Crippen LogP contribution >= 0.6 is 15.9 Å². The van der Waals surface area contributed by atoms with Crippen LogP contribution in [0.1, 0.15) is 32.3 Å². The maximum atomic E-state index is 3.44. The van der Waals surface area contributed by atoms with E-state index in [4.69, 9.17) is 0 Å². The second-order valence-electron chi connectivity index (χ2n) is 3.68. The fraction of sp³-hybridized carbons (Fsp3) is 0.500. The minimum atomic E-state index is 0.851. The molecule has 1 heteroatoms. The number of rotatable bonds is 4. The van der Waals surface area contributed by atoms with Crippen molar-refractivity contribution >= 4 is 15.9 Å². The molecule has 0 radical (unpaired) electrons. The van der Waals surface area contributed by atoms with E-state index < -0.39 is 0 Å². The lowest BCUT2D eigenvalue weighted by Crippen LogP contribution is -1.95. The van der Waals surface area contributed by atoms with Crippen LogP contribution in [0, 0.1) is 5.92 Å². The molecule has 0 N–H and O–H groups in total. The average Bonchev–Trinajstić information content (AvgIpc) is 2.16. The van der Waals surface area contributed by atoms with Gasteiger partial charge < -0.3 is 0 Å². The minimum absolute atomic E-state index is 0.851. The summed E-state index contributed by atoms with van der Waals surface area (Å²) in [6, 6.07) is 8.64. The molecule has 0 aliphatic heterocycles. The Morgan fingerprint density at radius 1 is 1.23 bits per heavy atom. The Labute approximate surface area is 89.5 Å². The predicted octanol–water partition coefficient (Wildman–Crippen LogP) is 4.43. The molecule has 0 fully saturated rings. The first-order valence-corrected chi connectivity index (χ1v) is 5.76. The Kier molecular flexibility index (Phi) is 4.51. The lowest BCUT2D eigenvalue weighted by molar-refractivity contribution is 0.516. The summed E-state index contributed by atoms with van der Waals surface area (Å²) in [4.78, 5) is 0. The van der Waals surface area contributed by atoms with Gasteiger partial charge in [-0.1, -0.05) is 48.3 Å². The Hall–Kier alpha value is -0.300. The van der Waals surface area contributed by atoms with Crippen LogP contribution < -0.4 is 0 Å². The van der Waals surface area contributed by atoms with E-state index in [0.29, 0.717) is 0 Å². The highest BCUT2D eigenvalue weighted by atomic mass is 79.9. The molecular formula is C12H17Br. The van der Waals surface area contributed by atoms with Crippen molar-refractivity contribution in [1.29, 1.82) is 0 Å². The Bertz CT molecular complexity index is 238. The van der Waals surface area contributed by atoms with E-state index in [0.717, 1.165) is 5.92 Å². The van der Waals surface area contributed by atoms with Gasteiger partial charge in [0.2, 0.25) is 0 Å². The number of benzene rings is 1. The summed E-state index contributed by atoms with van der Waals surface area (Å²) in [5.74, 6) is 0.851. The highest BCUT2D eigenvalue weighted by Gasteiger charge is 1.99. The summed E-state index contributed by atoms with van der Waals surface area (Å²) in [6.07, 6.45) is 3.80. The van der Waals surface area contributed by atoms with Crippen molar-refractivity contribution in [3.05, 3.63) is 34.3 Å². The van der Waals surface area contributed by atoms with Gasteiger partial charge in [-0.05, 0) is 36.5 Å². The Morgan fingerprint density at radius 3 is 2.38 bits per heavy atom. The summed E-state index contributed by atoms with van der Waals surface area (Å²) in [5, 5.41) is 0. The molecule has 13 heavy (non-hydrogen) atoms. The van der Waals surface area contributed by atoms with Crippen LogP contribution in [0.5, 0.6) is 0 Å². The fourth-order valence-electron chi connectivity index (χ4n) is 1.27. The summed E-state index contributed by atoms with van der Waals surface area (Å²) >= 11 is 3.44. The maximum Gasteiger partial charge on any atom is 0.0175 e. The van der Waals surface area contributed by atoms with Crippen molar-refractivity contribution < 1.29 is 0 Å². The molecule has 1 atom stereocenters. The zero-order valence-corrected chi connectivity index (χ0v) is 9.97. The molecule has 72 valence electrons. The average molecular weight is 241 g/mol. The van der Waals surface area contributed by atoms with Gasteiger partial charge in [-0.3, -0.25) is 0 Å². The van der Waals surface area contributed by atoms with Crippen LogP contribution in [0.3, 0.4) is 0 Å². The van der Waals surface area contributed by atoms with Gasteiger partial charge in [0.15, 0.2) is 0 Å². The third-order valence-electron chi connectivity index (χ3n) is 2.54. The molecule has 0 aliphatic carbocycles. The third kappa shape index (κ3) is 3.95. The van der Waals surface area contributed by atoms with E-state index in [1.165, 1.54) is 29.3 Å². The molecule has 0 amide bonds. The normalized spacial score (nSPS) is 12.8. The van der Waals surface area contributed by atoms with E-state index in [-0.39, 0.29) is 0 Å². The van der Waals surface area contributed by atoms with E-state index in [9.17, 15) is 0 Å². The lowest BCUT2D eigenvalue weighted by atomic mass is 9.99. The maximum absolute atomic E-state index is 3.44. The van der Waals surface area contributed by atoms with Gasteiger partial charge in [0, 0.05) is 4.47 Å². The van der Waals surface area contributed by atoms with E-state index >= 15 is 0 Å². The summed E-state index contributed by atoms with van der Waals surface area (Å²) in [7, 11) is 0. The second kappa shape index (κ2) is 5.43. The first-order chi connectivity index (χ1) is 6.22. The topological polar surface area (TPSA) is 0 Å². The standard InChI is InChI=1S/C12H17Br/c1-3-10(2)4-5-11-6-8-12(13)9-7-11/h6-10H,3-5H2,1-2H3. The molecule has 0 aliphatic rings. The number of halogens is 1. The molecule has 0 bridgehead atoms. The molecule has 0 heterocycles. The number of aryl methyl sites for hydroxylation is 1. The molecule has 0 saturated carbocycles. The number of hydrogen-bond acceptors (Lipinski definition) is 0. The fourth-order valence-corrected chi connectivity index (χ4v) is 1.53. The van der Waals surface area contributed by atoms with Crippen molar-refractivity contribution in [2.45, 2.75) is 33.1 Å². The van der Waals surface area contributed by atoms with Crippen LogP contribution in [0.25, 0.3) is 0 Å². The molecule has 0 nitrogen and oxygen atoms in total. The largest absolute Gasteiger partial charge is 0.0651 e. The van der Waals surface area contributed by atoms with Gasteiger partial charge in [0.05, 0.1) is 0 Å². The molecule has 0 spiro atoms. The lowest BCUT2D eigenvalue weighted by Gasteiger charge is -2.07. The highest BCUT2D eigenvalue weighted by Crippen LogP contribution is 2.15. The zero-order chi connectivity index (χ0) is 9.68. The molecule has 1 aromatic carbocycles. The molecular weight excluding hydrogens is 224 g/mol. The Balaban J connectivity index is 2.41. The van der Waals surface area contributed by atoms with Crippen LogP contribution in [-0.4, -0.2) is 0 Å². The smallest absolute Gasteiger partial charge is 0.0175 e. The first-order valence-electron chi connectivity index (χ1n) is 4.96. The zero-order valence-electron chi connectivity index (χ0n) is 8.39. The summed E-state index contributed by atoms with van der Waals surface area (Å²) in [5.41, 5.74) is 1.45. The molecule has 0 aromatic heterocycles. The quantitative estimate of drug-likeness (QED) is 0.731. The second-order valence-corrected chi connectivity index (χ2v) is 4.59.